The van der Waals surface area contributed by atoms with Crippen LogP contribution >= 0.6 is 0 Å². The highest BCUT2D eigenvalue weighted by Gasteiger charge is 2.28. The molecule has 0 N–H and O–H groups in total. The van der Waals surface area contributed by atoms with Gasteiger partial charge < -0.3 is 9.64 Å². The standard InChI is InChI=1S/C14H26N2O2/c1-3-13-10-12(2)11-16(13)5-4-14(17)15-6-8-18-9-7-15/h12-13H,3-11H2,1-2H3/t12-,13-/m0/s1. The van der Waals surface area contributed by atoms with Crippen LogP contribution in [0.4, 0.5) is 0 Å². The number of carbonyl (C=O) groups excluding carboxylic acids is 1. The van der Waals surface area contributed by atoms with E-state index >= 15 is 0 Å². The van der Waals surface area contributed by atoms with E-state index < -0.39 is 0 Å². The lowest BCUT2D eigenvalue weighted by atomic mass is 10.1. The molecule has 0 bridgehead atoms. The Balaban J connectivity index is 1.74. The molecule has 0 aromatic rings. The molecule has 4 nitrogen and oxygen atoms in total. The zero-order valence-corrected chi connectivity index (χ0v) is 11.7. The normalized spacial score (nSPS) is 29.8. The molecule has 1 amide bonds. The van der Waals surface area contributed by atoms with E-state index in [-0.39, 0.29) is 0 Å². The Morgan fingerprint density at radius 3 is 2.72 bits per heavy atom. The molecule has 0 saturated carbocycles. The van der Waals surface area contributed by atoms with Gasteiger partial charge in [0.05, 0.1) is 13.2 Å². The van der Waals surface area contributed by atoms with Crippen molar-refractivity contribution in [3.63, 3.8) is 0 Å². The summed E-state index contributed by atoms with van der Waals surface area (Å²) < 4.78 is 5.27. The number of nitrogens with zero attached hydrogens (tertiary/aromatic N) is 2. The van der Waals surface area contributed by atoms with Crippen molar-refractivity contribution in [1.29, 1.82) is 0 Å². The molecular weight excluding hydrogens is 228 g/mol. The second-order valence-electron chi connectivity index (χ2n) is 5.64. The molecule has 2 saturated heterocycles. The fourth-order valence-corrected chi connectivity index (χ4v) is 3.15. The van der Waals surface area contributed by atoms with E-state index in [9.17, 15) is 4.79 Å². The van der Waals surface area contributed by atoms with Crippen LogP contribution in [0.2, 0.25) is 0 Å². The predicted octanol–water partition coefficient (Wildman–Crippen LogP) is 1.36. The Morgan fingerprint density at radius 1 is 1.33 bits per heavy atom. The summed E-state index contributed by atoms with van der Waals surface area (Å²) in [5.74, 6) is 1.08. The summed E-state index contributed by atoms with van der Waals surface area (Å²) in [7, 11) is 0. The second kappa shape index (κ2) is 6.53. The maximum absolute atomic E-state index is 12.1. The summed E-state index contributed by atoms with van der Waals surface area (Å²) in [6, 6.07) is 0.692. The van der Waals surface area contributed by atoms with E-state index in [1.165, 1.54) is 12.8 Å². The maximum Gasteiger partial charge on any atom is 0.224 e. The van der Waals surface area contributed by atoms with Crippen LogP contribution in [0.15, 0.2) is 0 Å². The zero-order chi connectivity index (χ0) is 13.0. The molecule has 0 aromatic heterocycles. The molecule has 2 aliphatic heterocycles. The summed E-state index contributed by atoms with van der Waals surface area (Å²) in [5, 5.41) is 0. The van der Waals surface area contributed by atoms with Gasteiger partial charge in [0.2, 0.25) is 5.91 Å². The zero-order valence-electron chi connectivity index (χ0n) is 11.7. The Kier molecular flexibility index (Phi) is 5.01. The molecule has 104 valence electrons. The summed E-state index contributed by atoms with van der Waals surface area (Å²) in [6.07, 6.45) is 3.17. The third-order valence-electron chi connectivity index (χ3n) is 4.18. The number of ether oxygens (including phenoxy) is 1. The van der Waals surface area contributed by atoms with Crippen molar-refractivity contribution >= 4 is 5.91 Å². The number of morpholine rings is 1. The lowest BCUT2D eigenvalue weighted by Crippen LogP contribution is -2.42. The number of likely N-dealkylation sites (tertiary alicyclic amines) is 1. The summed E-state index contributed by atoms with van der Waals surface area (Å²) >= 11 is 0. The van der Waals surface area contributed by atoms with Gasteiger partial charge >= 0.3 is 0 Å². The van der Waals surface area contributed by atoms with Crippen LogP contribution in [0.1, 0.15) is 33.1 Å². The Morgan fingerprint density at radius 2 is 2.06 bits per heavy atom. The van der Waals surface area contributed by atoms with Crippen LogP contribution in [0.3, 0.4) is 0 Å². The van der Waals surface area contributed by atoms with Crippen LogP contribution < -0.4 is 0 Å². The summed E-state index contributed by atoms with van der Waals surface area (Å²) in [5.41, 5.74) is 0. The Hall–Kier alpha value is -0.610. The minimum absolute atomic E-state index is 0.299. The van der Waals surface area contributed by atoms with Crippen molar-refractivity contribution in [1.82, 2.24) is 9.80 Å². The van der Waals surface area contributed by atoms with Gasteiger partial charge in [0, 0.05) is 38.6 Å². The molecule has 18 heavy (non-hydrogen) atoms. The first-order chi connectivity index (χ1) is 8.70. The molecular formula is C14H26N2O2. The SMILES string of the molecule is CC[C@H]1C[C@H](C)CN1CCC(=O)N1CCOCC1. The van der Waals surface area contributed by atoms with E-state index in [1.807, 2.05) is 4.90 Å². The third-order valence-corrected chi connectivity index (χ3v) is 4.18. The van der Waals surface area contributed by atoms with Gasteiger partial charge in [0.15, 0.2) is 0 Å². The molecule has 0 unspecified atom stereocenters. The summed E-state index contributed by atoms with van der Waals surface area (Å²) in [4.78, 5) is 16.5. The molecule has 2 heterocycles. The van der Waals surface area contributed by atoms with Gasteiger partial charge in [-0.3, -0.25) is 9.69 Å². The van der Waals surface area contributed by atoms with Gasteiger partial charge in [-0.15, -0.1) is 0 Å². The first-order valence-corrected chi connectivity index (χ1v) is 7.30. The molecule has 2 atom stereocenters. The van der Waals surface area contributed by atoms with Crippen LogP contribution in [0.5, 0.6) is 0 Å². The number of rotatable bonds is 4. The van der Waals surface area contributed by atoms with Crippen molar-refractivity contribution in [2.24, 2.45) is 5.92 Å². The molecule has 4 heteroatoms. The molecule has 2 fully saturated rings. The van der Waals surface area contributed by atoms with Gasteiger partial charge in [-0.1, -0.05) is 13.8 Å². The molecule has 0 spiro atoms. The number of amides is 1. The van der Waals surface area contributed by atoms with Gasteiger partial charge in [0.25, 0.3) is 0 Å². The first kappa shape index (κ1) is 13.8. The van der Waals surface area contributed by atoms with E-state index in [1.54, 1.807) is 0 Å². The minimum atomic E-state index is 0.299. The fraction of sp³-hybridized carbons (Fsp3) is 0.929. The molecule has 2 rings (SSSR count). The summed E-state index contributed by atoms with van der Waals surface area (Å²) in [6.45, 7) is 9.59. The predicted molar refractivity (Wildman–Crippen MR) is 71.4 cm³/mol. The molecule has 0 aliphatic carbocycles. The third kappa shape index (κ3) is 3.45. The van der Waals surface area contributed by atoms with Crippen LogP contribution in [-0.4, -0.2) is 61.1 Å². The lowest BCUT2D eigenvalue weighted by Gasteiger charge is -2.28. The highest BCUT2D eigenvalue weighted by Crippen LogP contribution is 2.24. The maximum atomic E-state index is 12.1. The minimum Gasteiger partial charge on any atom is -0.378 e. The van der Waals surface area contributed by atoms with Crippen molar-refractivity contribution < 1.29 is 9.53 Å². The van der Waals surface area contributed by atoms with Crippen LogP contribution in [0, 0.1) is 5.92 Å². The van der Waals surface area contributed by atoms with E-state index in [2.05, 4.69) is 18.7 Å². The monoisotopic (exact) mass is 254 g/mol. The van der Waals surface area contributed by atoms with Crippen LogP contribution in [-0.2, 0) is 9.53 Å². The van der Waals surface area contributed by atoms with E-state index in [0.717, 1.165) is 32.1 Å². The highest BCUT2D eigenvalue weighted by molar-refractivity contribution is 5.76. The quantitative estimate of drug-likeness (QED) is 0.759. The second-order valence-corrected chi connectivity index (χ2v) is 5.64. The van der Waals surface area contributed by atoms with E-state index in [0.29, 0.717) is 31.6 Å². The smallest absolute Gasteiger partial charge is 0.224 e. The lowest BCUT2D eigenvalue weighted by molar-refractivity contribution is -0.135. The molecule has 2 aliphatic rings. The van der Waals surface area contributed by atoms with Gasteiger partial charge in [-0.2, -0.15) is 0 Å². The number of hydrogen-bond donors (Lipinski definition) is 0. The Labute approximate surface area is 110 Å². The first-order valence-electron chi connectivity index (χ1n) is 7.30. The van der Waals surface area contributed by atoms with Crippen molar-refractivity contribution in [2.75, 3.05) is 39.4 Å². The fourth-order valence-electron chi connectivity index (χ4n) is 3.15. The van der Waals surface area contributed by atoms with Gasteiger partial charge in [-0.05, 0) is 18.8 Å². The van der Waals surface area contributed by atoms with Crippen LogP contribution in [0.25, 0.3) is 0 Å². The average molecular weight is 254 g/mol. The average Bonchev–Trinajstić information content (AvgIpc) is 2.77. The van der Waals surface area contributed by atoms with E-state index in [4.69, 9.17) is 4.74 Å². The van der Waals surface area contributed by atoms with Gasteiger partial charge in [0.1, 0.15) is 0 Å². The molecule has 0 radical (unpaired) electrons. The highest BCUT2D eigenvalue weighted by atomic mass is 16.5. The van der Waals surface area contributed by atoms with Crippen molar-refractivity contribution in [2.45, 2.75) is 39.2 Å². The largest absolute Gasteiger partial charge is 0.378 e. The number of hydrogen-bond acceptors (Lipinski definition) is 3. The van der Waals surface area contributed by atoms with Gasteiger partial charge in [-0.25, -0.2) is 0 Å². The van der Waals surface area contributed by atoms with Crippen molar-refractivity contribution in [3.8, 4) is 0 Å². The topological polar surface area (TPSA) is 32.8 Å². The molecule has 0 aromatic carbocycles. The number of carbonyl (C=O) groups is 1. The Bertz CT molecular complexity index is 277. The van der Waals surface area contributed by atoms with Crippen molar-refractivity contribution in [3.05, 3.63) is 0 Å².